The molecule has 78 valence electrons. The summed E-state index contributed by atoms with van der Waals surface area (Å²) in [5.41, 5.74) is 1.00. The topological polar surface area (TPSA) is 37.4 Å². The van der Waals surface area contributed by atoms with Crippen molar-refractivity contribution in [1.29, 1.82) is 0 Å². The van der Waals surface area contributed by atoms with Crippen molar-refractivity contribution in [2.75, 3.05) is 0 Å². The first-order valence-corrected chi connectivity index (χ1v) is 5.10. The molecule has 1 heterocycles. The SMILES string of the molecule is CC(c1ccccc1)N1C(=O)CCC1=O. The molecule has 0 aromatic heterocycles. The molecule has 1 aliphatic heterocycles. The van der Waals surface area contributed by atoms with Gasteiger partial charge >= 0.3 is 0 Å². The predicted molar refractivity (Wildman–Crippen MR) is 55.9 cm³/mol. The molecule has 3 heteroatoms. The largest absolute Gasteiger partial charge is 0.275 e. The van der Waals surface area contributed by atoms with Crippen LogP contribution in [-0.4, -0.2) is 16.7 Å². The number of carbonyl (C=O) groups excluding carboxylic acids is 2. The zero-order chi connectivity index (χ0) is 10.8. The van der Waals surface area contributed by atoms with Crippen molar-refractivity contribution >= 4 is 11.8 Å². The summed E-state index contributed by atoms with van der Waals surface area (Å²) in [6.07, 6.45) is 0.714. The third kappa shape index (κ3) is 1.77. The second-order valence-electron chi connectivity index (χ2n) is 3.74. The molecule has 1 aromatic carbocycles. The van der Waals surface area contributed by atoms with E-state index >= 15 is 0 Å². The Morgan fingerprint density at radius 3 is 2.13 bits per heavy atom. The van der Waals surface area contributed by atoms with Crippen molar-refractivity contribution in [3.63, 3.8) is 0 Å². The van der Waals surface area contributed by atoms with Gasteiger partial charge in [0.25, 0.3) is 0 Å². The minimum Gasteiger partial charge on any atom is -0.275 e. The van der Waals surface area contributed by atoms with Gasteiger partial charge in [-0.1, -0.05) is 30.3 Å². The van der Waals surface area contributed by atoms with Gasteiger partial charge in [-0.2, -0.15) is 0 Å². The molecular formula is C12H13NO2. The van der Waals surface area contributed by atoms with E-state index in [4.69, 9.17) is 0 Å². The van der Waals surface area contributed by atoms with Crippen molar-refractivity contribution in [3.05, 3.63) is 35.9 Å². The van der Waals surface area contributed by atoms with Crippen LogP contribution in [0.2, 0.25) is 0 Å². The van der Waals surface area contributed by atoms with Gasteiger partial charge in [-0.05, 0) is 12.5 Å². The monoisotopic (exact) mass is 203 g/mol. The van der Waals surface area contributed by atoms with Crippen molar-refractivity contribution < 1.29 is 9.59 Å². The van der Waals surface area contributed by atoms with Crippen LogP contribution in [0.1, 0.15) is 31.4 Å². The van der Waals surface area contributed by atoms with Gasteiger partial charge in [0, 0.05) is 12.8 Å². The predicted octanol–water partition coefficient (Wildman–Crippen LogP) is 1.90. The number of amides is 2. The number of nitrogens with zero attached hydrogens (tertiary/aromatic N) is 1. The highest BCUT2D eigenvalue weighted by Gasteiger charge is 2.33. The van der Waals surface area contributed by atoms with Crippen LogP contribution in [0.25, 0.3) is 0 Å². The Hall–Kier alpha value is -1.64. The Balaban J connectivity index is 2.24. The maximum absolute atomic E-state index is 11.5. The van der Waals surface area contributed by atoms with E-state index in [0.717, 1.165) is 5.56 Å². The highest BCUT2D eigenvalue weighted by atomic mass is 16.2. The Bertz CT molecular complexity index is 370. The van der Waals surface area contributed by atoms with E-state index in [-0.39, 0.29) is 17.9 Å². The molecule has 0 spiro atoms. The lowest BCUT2D eigenvalue weighted by molar-refractivity contribution is -0.140. The van der Waals surface area contributed by atoms with E-state index in [0.29, 0.717) is 12.8 Å². The van der Waals surface area contributed by atoms with Gasteiger partial charge in [-0.3, -0.25) is 14.5 Å². The van der Waals surface area contributed by atoms with Gasteiger partial charge in [0.2, 0.25) is 11.8 Å². The summed E-state index contributed by atoms with van der Waals surface area (Å²) in [4.78, 5) is 24.4. The van der Waals surface area contributed by atoms with Crippen LogP contribution in [0, 0.1) is 0 Å². The van der Waals surface area contributed by atoms with Crippen molar-refractivity contribution in [3.8, 4) is 0 Å². The second-order valence-corrected chi connectivity index (χ2v) is 3.74. The maximum Gasteiger partial charge on any atom is 0.230 e. The van der Waals surface area contributed by atoms with Crippen LogP contribution >= 0.6 is 0 Å². The number of carbonyl (C=O) groups is 2. The summed E-state index contributed by atoms with van der Waals surface area (Å²) in [7, 11) is 0. The Labute approximate surface area is 88.7 Å². The average Bonchev–Trinajstić information content (AvgIpc) is 2.59. The zero-order valence-electron chi connectivity index (χ0n) is 8.64. The first kappa shape index (κ1) is 9.90. The van der Waals surface area contributed by atoms with Crippen molar-refractivity contribution in [2.24, 2.45) is 0 Å². The number of imide groups is 1. The maximum atomic E-state index is 11.5. The minimum atomic E-state index is -0.145. The zero-order valence-corrected chi connectivity index (χ0v) is 8.64. The number of likely N-dealkylation sites (tertiary alicyclic amines) is 1. The summed E-state index contributed by atoms with van der Waals surface area (Å²) in [6, 6.07) is 9.47. The summed E-state index contributed by atoms with van der Waals surface area (Å²) < 4.78 is 0. The molecule has 0 bridgehead atoms. The first-order valence-electron chi connectivity index (χ1n) is 5.10. The van der Waals surface area contributed by atoms with Gasteiger partial charge in [-0.15, -0.1) is 0 Å². The van der Waals surface area contributed by atoms with Gasteiger partial charge in [0.1, 0.15) is 0 Å². The molecule has 1 unspecified atom stereocenters. The molecular weight excluding hydrogens is 190 g/mol. The van der Waals surface area contributed by atoms with Crippen LogP contribution in [0.15, 0.2) is 30.3 Å². The summed E-state index contributed by atoms with van der Waals surface area (Å²) >= 11 is 0. The number of hydrogen-bond donors (Lipinski definition) is 0. The third-order valence-electron chi connectivity index (χ3n) is 2.76. The van der Waals surface area contributed by atoms with E-state index < -0.39 is 0 Å². The van der Waals surface area contributed by atoms with Crippen LogP contribution in [0.4, 0.5) is 0 Å². The second kappa shape index (κ2) is 3.85. The Morgan fingerprint density at radius 2 is 1.60 bits per heavy atom. The molecule has 1 saturated heterocycles. The van der Waals surface area contributed by atoms with Gasteiger partial charge in [0.15, 0.2) is 0 Å². The van der Waals surface area contributed by atoms with Crippen LogP contribution in [-0.2, 0) is 9.59 Å². The number of rotatable bonds is 2. The molecule has 1 fully saturated rings. The molecule has 2 amide bonds. The number of hydrogen-bond acceptors (Lipinski definition) is 2. The van der Waals surface area contributed by atoms with E-state index in [1.807, 2.05) is 37.3 Å². The molecule has 3 nitrogen and oxygen atoms in total. The van der Waals surface area contributed by atoms with Gasteiger partial charge in [0.05, 0.1) is 6.04 Å². The fourth-order valence-corrected chi connectivity index (χ4v) is 1.91. The fraction of sp³-hybridized carbons (Fsp3) is 0.333. The van der Waals surface area contributed by atoms with E-state index in [1.54, 1.807) is 0 Å². The highest BCUT2D eigenvalue weighted by molar-refractivity contribution is 6.02. The molecule has 15 heavy (non-hydrogen) atoms. The lowest BCUT2D eigenvalue weighted by Crippen LogP contribution is -2.31. The van der Waals surface area contributed by atoms with E-state index in [9.17, 15) is 9.59 Å². The highest BCUT2D eigenvalue weighted by Crippen LogP contribution is 2.25. The molecule has 0 radical (unpaired) electrons. The quantitative estimate of drug-likeness (QED) is 0.688. The Kier molecular flexibility index (Phi) is 2.54. The smallest absolute Gasteiger partial charge is 0.230 e. The third-order valence-corrected chi connectivity index (χ3v) is 2.76. The van der Waals surface area contributed by atoms with Gasteiger partial charge in [-0.25, -0.2) is 0 Å². The van der Waals surface area contributed by atoms with Gasteiger partial charge < -0.3 is 0 Å². The van der Waals surface area contributed by atoms with Crippen LogP contribution in [0.3, 0.4) is 0 Å². The van der Waals surface area contributed by atoms with Crippen molar-refractivity contribution in [2.45, 2.75) is 25.8 Å². The molecule has 0 aliphatic carbocycles. The normalized spacial score (nSPS) is 18.3. The molecule has 1 aromatic rings. The molecule has 0 saturated carbocycles. The van der Waals surface area contributed by atoms with E-state index in [1.165, 1.54) is 4.90 Å². The standard InChI is InChI=1S/C12H13NO2/c1-9(10-5-3-2-4-6-10)13-11(14)7-8-12(13)15/h2-6,9H,7-8H2,1H3. The summed E-state index contributed by atoms with van der Waals surface area (Å²) in [6.45, 7) is 1.89. The van der Waals surface area contributed by atoms with Crippen LogP contribution in [0.5, 0.6) is 0 Å². The summed E-state index contributed by atoms with van der Waals surface area (Å²) in [5, 5.41) is 0. The molecule has 2 rings (SSSR count). The molecule has 1 aliphatic rings. The molecule has 1 atom stereocenters. The number of benzene rings is 1. The van der Waals surface area contributed by atoms with E-state index in [2.05, 4.69) is 0 Å². The average molecular weight is 203 g/mol. The minimum absolute atomic E-state index is 0.0589. The first-order chi connectivity index (χ1) is 7.20. The lowest BCUT2D eigenvalue weighted by Gasteiger charge is -2.22. The molecule has 0 N–H and O–H groups in total. The fourth-order valence-electron chi connectivity index (χ4n) is 1.91. The van der Waals surface area contributed by atoms with Crippen molar-refractivity contribution in [1.82, 2.24) is 4.90 Å². The summed E-state index contributed by atoms with van der Waals surface area (Å²) in [5.74, 6) is -0.118. The van der Waals surface area contributed by atoms with Crippen LogP contribution < -0.4 is 0 Å². The lowest BCUT2D eigenvalue weighted by atomic mass is 10.1. The Morgan fingerprint density at radius 1 is 1.07 bits per heavy atom.